The number of hydrogen-bond acceptors (Lipinski definition) is 3. The standard InChI is InChI=1S/C16H26ClN3OS/c1-6-18-14(20-10-15(2,3)16(20,4)5)19-9-11(21)12-7-8-13(17)22-12/h7-8,11,21H,6,9-10H2,1-5H3,(H,18,19). The number of hydrogen-bond donors (Lipinski definition) is 2. The molecule has 22 heavy (non-hydrogen) atoms. The van der Waals surface area contributed by atoms with Crippen molar-refractivity contribution in [3.8, 4) is 0 Å². The van der Waals surface area contributed by atoms with E-state index in [2.05, 4.69) is 49.8 Å². The van der Waals surface area contributed by atoms with Crippen LogP contribution in [-0.2, 0) is 0 Å². The van der Waals surface area contributed by atoms with Crippen molar-refractivity contribution in [2.24, 2.45) is 10.4 Å². The van der Waals surface area contributed by atoms with E-state index in [1.807, 2.05) is 6.07 Å². The average molecular weight is 344 g/mol. The van der Waals surface area contributed by atoms with Crippen molar-refractivity contribution in [3.63, 3.8) is 0 Å². The third-order valence-corrected chi connectivity index (χ3v) is 6.14. The summed E-state index contributed by atoms with van der Waals surface area (Å²) in [4.78, 5) is 7.76. The van der Waals surface area contributed by atoms with E-state index in [-0.39, 0.29) is 11.0 Å². The Morgan fingerprint density at radius 2 is 2.14 bits per heavy atom. The van der Waals surface area contributed by atoms with Gasteiger partial charge in [0.25, 0.3) is 0 Å². The summed E-state index contributed by atoms with van der Waals surface area (Å²) in [7, 11) is 0. The quantitative estimate of drug-likeness (QED) is 0.649. The maximum absolute atomic E-state index is 10.3. The van der Waals surface area contributed by atoms with Crippen molar-refractivity contribution in [1.82, 2.24) is 10.2 Å². The van der Waals surface area contributed by atoms with Gasteiger partial charge >= 0.3 is 0 Å². The van der Waals surface area contributed by atoms with Crippen LogP contribution in [0.1, 0.15) is 45.6 Å². The van der Waals surface area contributed by atoms with E-state index in [1.54, 1.807) is 6.07 Å². The van der Waals surface area contributed by atoms with Crippen LogP contribution >= 0.6 is 22.9 Å². The van der Waals surface area contributed by atoms with E-state index in [1.165, 1.54) is 11.3 Å². The molecule has 124 valence electrons. The molecule has 1 unspecified atom stereocenters. The third-order valence-electron chi connectivity index (χ3n) is 4.81. The van der Waals surface area contributed by atoms with Crippen LogP contribution in [0.25, 0.3) is 0 Å². The summed E-state index contributed by atoms with van der Waals surface area (Å²) >= 11 is 7.32. The van der Waals surface area contributed by atoms with Crippen LogP contribution in [0.4, 0.5) is 0 Å². The molecule has 0 spiro atoms. The van der Waals surface area contributed by atoms with Gasteiger partial charge in [0.05, 0.1) is 10.9 Å². The van der Waals surface area contributed by atoms with Gasteiger partial charge in [-0.25, -0.2) is 0 Å². The Morgan fingerprint density at radius 3 is 2.59 bits per heavy atom. The van der Waals surface area contributed by atoms with Crippen molar-refractivity contribution in [2.75, 3.05) is 19.6 Å². The number of thiophene rings is 1. The fourth-order valence-electron chi connectivity index (χ4n) is 2.57. The summed E-state index contributed by atoms with van der Waals surface area (Å²) in [5.74, 6) is 0.869. The molecular formula is C16H26ClN3OS. The molecule has 1 aromatic heterocycles. The Kier molecular flexibility index (Phi) is 5.09. The molecule has 2 rings (SSSR count). The minimum absolute atomic E-state index is 0.0468. The molecule has 0 radical (unpaired) electrons. The number of halogens is 1. The molecular weight excluding hydrogens is 318 g/mol. The Morgan fingerprint density at radius 1 is 1.45 bits per heavy atom. The highest BCUT2D eigenvalue weighted by Gasteiger charge is 2.53. The van der Waals surface area contributed by atoms with Gasteiger partial charge in [0.1, 0.15) is 6.10 Å². The maximum atomic E-state index is 10.3. The summed E-state index contributed by atoms with van der Waals surface area (Å²) < 4.78 is 0.690. The molecule has 6 heteroatoms. The van der Waals surface area contributed by atoms with Crippen LogP contribution in [0.2, 0.25) is 4.34 Å². The number of nitrogens with zero attached hydrogens (tertiary/aromatic N) is 2. The second-order valence-corrected chi connectivity index (χ2v) is 8.63. The van der Waals surface area contributed by atoms with Gasteiger partial charge in [-0.3, -0.25) is 4.99 Å². The largest absolute Gasteiger partial charge is 0.386 e. The molecule has 1 atom stereocenters. The summed E-state index contributed by atoms with van der Waals surface area (Å²) in [5, 5.41) is 13.6. The molecule has 1 fully saturated rings. The van der Waals surface area contributed by atoms with Gasteiger partial charge in [0.15, 0.2) is 5.96 Å². The zero-order valence-electron chi connectivity index (χ0n) is 14.0. The van der Waals surface area contributed by atoms with Crippen LogP contribution in [0.15, 0.2) is 17.1 Å². The maximum Gasteiger partial charge on any atom is 0.194 e. The Labute approximate surface area is 142 Å². The number of nitrogens with one attached hydrogen (secondary N) is 1. The monoisotopic (exact) mass is 343 g/mol. The van der Waals surface area contributed by atoms with Gasteiger partial charge in [0, 0.05) is 28.9 Å². The van der Waals surface area contributed by atoms with Gasteiger partial charge in [-0.2, -0.15) is 0 Å². The van der Waals surface area contributed by atoms with E-state index in [0.29, 0.717) is 10.9 Å². The minimum atomic E-state index is -0.608. The molecule has 0 bridgehead atoms. The molecule has 4 nitrogen and oxygen atoms in total. The van der Waals surface area contributed by atoms with E-state index < -0.39 is 6.10 Å². The summed E-state index contributed by atoms with van der Waals surface area (Å²) in [6.45, 7) is 13.2. The zero-order valence-corrected chi connectivity index (χ0v) is 15.6. The van der Waals surface area contributed by atoms with E-state index in [9.17, 15) is 5.11 Å². The van der Waals surface area contributed by atoms with Crippen LogP contribution in [0.5, 0.6) is 0 Å². The molecule has 0 aromatic carbocycles. The van der Waals surface area contributed by atoms with Gasteiger partial charge < -0.3 is 15.3 Å². The van der Waals surface area contributed by atoms with E-state index >= 15 is 0 Å². The molecule has 1 aromatic rings. The lowest BCUT2D eigenvalue weighted by Gasteiger charge is -2.62. The highest BCUT2D eigenvalue weighted by Crippen LogP contribution is 2.46. The Hall–Kier alpha value is -0.780. The fraction of sp³-hybridized carbons (Fsp3) is 0.688. The first-order chi connectivity index (χ1) is 10.2. The third kappa shape index (κ3) is 3.26. The first kappa shape index (κ1) is 17.6. The Balaban J connectivity index is 2.08. The molecule has 2 N–H and O–H groups in total. The van der Waals surface area contributed by atoms with Crippen molar-refractivity contribution in [2.45, 2.75) is 46.3 Å². The molecule has 0 amide bonds. The summed E-state index contributed by atoms with van der Waals surface area (Å²) in [6.07, 6.45) is -0.608. The van der Waals surface area contributed by atoms with Gasteiger partial charge in [0.2, 0.25) is 0 Å². The number of likely N-dealkylation sites (tertiary alicyclic amines) is 1. The van der Waals surface area contributed by atoms with Crippen LogP contribution in [0, 0.1) is 5.41 Å². The second-order valence-electron chi connectivity index (χ2n) is 6.88. The molecule has 0 aliphatic carbocycles. The zero-order chi connectivity index (χ0) is 16.5. The van der Waals surface area contributed by atoms with Crippen molar-refractivity contribution >= 4 is 28.9 Å². The molecule has 0 saturated carbocycles. The van der Waals surface area contributed by atoms with Crippen molar-refractivity contribution in [1.29, 1.82) is 0 Å². The van der Waals surface area contributed by atoms with Crippen molar-refractivity contribution in [3.05, 3.63) is 21.3 Å². The lowest BCUT2D eigenvalue weighted by atomic mass is 9.65. The normalized spacial score (nSPS) is 21.4. The summed E-state index contributed by atoms with van der Waals surface area (Å²) in [5.41, 5.74) is 0.300. The van der Waals surface area contributed by atoms with Crippen LogP contribution < -0.4 is 5.32 Å². The highest BCUT2D eigenvalue weighted by molar-refractivity contribution is 7.16. The highest BCUT2D eigenvalue weighted by atomic mass is 35.5. The first-order valence-electron chi connectivity index (χ1n) is 7.68. The number of rotatable bonds is 4. The number of aliphatic imine (C=N–C) groups is 1. The van der Waals surface area contributed by atoms with Gasteiger partial charge in [-0.05, 0) is 32.9 Å². The van der Waals surface area contributed by atoms with Gasteiger partial charge in [-0.1, -0.05) is 25.4 Å². The predicted molar refractivity (Wildman–Crippen MR) is 94.8 cm³/mol. The SMILES string of the molecule is CCNC(=NCC(O)c1ccc(Cl)s1)N1CC(C)(C)C1(C)C. The Bertz CT molecular complexity index is 553. The lowest BCUT2D eigenvalue weighted by Crippen LogP contribution is -2.72. The fourth-order valence-corrected chi connectivity index (χ4v) is 3.60. The minimum Gasteiger partial charge on any atom is -0.386 e. The van der Waals surface area contributed by atoms with E-state index in [4.69, 9.17) is 11.6 Å². The average Bonchev–Trinajstić information content (AvgIpc) is 2.87. The summed E-state index contributed by atoms with van der Waals surface area (Å²) in [6, 6.07) is 3.66. The smallest absolute Gasteiger partial charge is 0.194 e. The van der Waals surface area contributed by atoms with Crippen LogP contribution in [0.3, 0.4) is 0 Å². The first-order valence-corrected chi connectivity index (χ1v) is 8.87. The molecule has 1 aliphatic rings. The lowest BCUT2D eigenvalue weighted by molar-refractivity contribution is -0.0668. The van der Waals surface area contributed by atoms with E-state index in [0.717, 1.165) is 23.9 Å². The van der Waals surface area contributed by atoms with Crippen LogP contribution in [-0.4, -0.2) is 41.1 Å². The number of aliphatic hydroxyl groups is 1. The second kappa shape index (κ2) is 6.38. The van der Waals surface area contributed by atoms with Crippen molar-refractivity contribution < 1.29 is 5.11 Å². The number of guanidine groups is 1. The predicted octanol–water partition coefficient (Wildman–Crippen LogP) is 3.52. The van der Waals surface area contributed by atoms with Gasteiger partial charge in [-0.15, -0.1) is 11.3 Å². The topological polar surface area (TPSA) is 47.9 Å². The molecule has 1 aliphatic heterocycles. The number of aliphatic hydroxyl groups excluding tert-OH is 1. The molecule has 2 heterocycles. The molecule has 1 saturated heterocycles.